The predicted molar refractivity (Wildman–Crippen MR) is 76.3 cm³/mol. The third kappa shape index (κ3) is 2.56. The zero-order valence-corrected chi connectivity index (χ0v) is 12.1. The monoisotopic (exact) mass is 261 g/mol. The second-order valence-electron chi connectivity index (χ2n) is 4.83. The van der Waals surface area contributed by atoms with E-state index in [1.165, 1.54) is 5.56 Å². The van der Waals surface area contributed by atoms with Crippen molar-refractivity contribution in [3.63, 3.8) is 0 Å². The average molecular weight is 261 g/mol. The first kappa shape index (κ1) is 13.1. The summed E-state index contributed by atoms with van der Waals surface area (Å²) >= 11 is 0. The van der Waals surface area contributed by atoms with Crippen LogP contribution in [-0.4, -0.2) is 4.21 Å². The molecular formula is C15H19NOS. The maximum Gasteiger partial charge on any atom is 0.0831 e. The lowest BCUT2D eigenvalue weighted by atomic mass is 10.1. The van der Waals surface area contributed by atoms with E-state index in [-0.39, 0.29) is 5.92 Å². The van der Waals surface area contributed by atoms with E-state index in [1.807, 2.05) is 45.0 Å². The van der Waals surface area contributed by atoms with Crippen molar-refractivity contribution >= 4 is 10.8 Å². The van der Waals surface area contributed by atoms with Crippen molar-refractivity contribution in [2.24, 2.45) is 5.92 Å². The fourth-order valence-corrected chi connectivity index (χ4v) is 3.66. The molecule has 0 bridgehead atoms. The highest BCUT2D eigenvalue weighted by Gasteiger charge is 2.22. The largest absolute Gasteiger partial charge is 0.362 e. The molecule has 0 radical (unpaired) electrons. The second-order valence-corrected chi connectivity index (χ2v) is 6.28. The topological polar surface area (TPSA) is 29.1 Å². The van der Waals surface area contributed by atoms with E-state index in [1.54, 1.807) is 0 Å². The lowest BCUT2D eigenvalue weighted by Crippen LogP contribution is -2.21. The van der Waals surface area contributed by atoms with E-state index in [2.05, 4.69) is 18.3 Å². The van der Waals surface area contributed by atoms with Crippen molar-refractivity contribution in [3.8, 4) is 0 Å². The number of dihydropyridines is 1. The Kier molecular flexibility index (Phi) is 3.71. The molecule has 2 rings (SSSR count). The zero-order chi connectivity index (χ0) is 13.3. The number of nitrogens with one attached hydrogen (secondary N) is 1. The molecule has 0 aromatic heterocycles. The molecule has 0 fully saturated rings. The van der Waals surface area contributed by atoms with Gasteiger partial charge >= 0.3 is 0 Å². The van der Waals surface area contributed by atoms with Gasteiger partial charge in [0.25, 0.3) is 0 Å². The Morgan fingerprint density at radius 3 is 2.28 bits per heavy atom. The van der Waals surface area contributed by atoms with Gasteiger partial charge in [-0.15, -0.1) is 0 Å². The molecular weight excluding hydrogens is 242 g/mol. The van der Waals surface area contributed by atoms with Gasteiger partial charge in [0.05, 0.1) is 10.8 Å². The summed E-state index contributed by atoms with van der Waals surface area (Å²) in [5.74, 6) is 0.216. The smallest absolute Gasteiger partial charge is 0.0831 e. The lowest BCUT2D eigenvalue weighted by Gasteiger charge is -2.23. The second kappa shape index (κ2) is 5.11. The maximum atomic E-state index is 12.6. The Morgan fingerprint density at radius 2 is 1.72 bits per heavy atom. The molecule has 0 saturated heterocycles. The van der Waals surface area contributed by atoms with Gasteiger partial charge in [-0.2, -0.15) is 0 Å². The minimum Gasteiger partial charge on any atom is -0.362 e. The Hall–Kier alpha value is -1.35. The van der Waals surface area contributed by atoms with Crippen molar-refractivity contribution < 1.29 is 4.21 Å². The van der Waals surface area contributed by atoms with Gasteiger partial charge in [0.15, 0.2) is 0 Å². The molecule has 3 heteroatoms. The molecule has 0 aliphatic carbocycles. The lowest BCUT2D eigenvalue weighted by molar-refractivity contribution is 0.678. The minimum absolute atomic E-state index is 0.216. The van der Waals surface area contributed by atoms with Crippen LogP contribution in [0.25, 0.3) is 0 Å². The molecule has 1 unspecified atom stereocenters. The van der Waals surface area contributed by atoms with Crippen LogP contribution in [0.5, 0.6) is 0 Å². The van der Waals surface area contributed by atoms with Crippen LogP contribution in [0.4, 0.5) is 0 Å². The van der Waals surface area contributed by atoms with E-state index in [4.69, 9.17) is 0 Å². The van der Waals surface area contributed by atoms with Crippen LogP contribution in [0.2, 0.25) is 0 Å². The molecule has 1 aromatic rings. The van der Waals surface area contributed by atoms with Gasteiger partial charge in [-0.25, -0.2) is 4.21 Å². The number of benzene rings is 1. The molecule has 18 heavy (non-hydrogen) atoms. The zero-order valence-electron chi connectivity index (χ0n) is 11.3. The van der Waals surface area contributed by atoms with Crippen LogP contribution in [-0.2, 0) is 10.8 Å². The summed E-state index contributed by atoms with van der Waals surface area (Å²) in [7, 11) is -1.08. The number of hydrogen-bond acceptors (Lipinski definition) is 2. The van der Waals surface area contributed by atoms with Crippen molar-refractivity contribution in [1.29, 1.82) is 0 Å². The Balaban J connectivity index is 2.34. The SMILES string of the molecule is CC1=C[C@@H](C)C(S(=O)c2ccc(C)cc2)=C(C)N1. The third-order valence-corrected chi connectivity index (χ3v) is 4.88. The highest BCUT2D eigenvalue weighted by Crippen LogP contribution is 2.28. The maximum absolute atomic E-state index is 12.6. The molecule has 2 nitrogen and oxygen atoms in total. The Labute approximate surface area is 111 Å². The fourth-order valence-electron chi connectivity index (χ4n) is 2.29. The molecule has 1 N–H and O–H groups in total. The fraction of sp³-hybridized carbons (Fsp3) is 0.333. The van der Waals surface area contributed by atoms with E-state index in [9.17, 15) is 4.21 Å². The van der Waals surface area contributed by atoms with Gasteiger partial charge in [-0.1, -0.05) is 30.7 Å². The highest BCUT2D eigenvalue weighted by molar-refractivity contribution is 7.89. The molecule has 1 aromatic carbocycles. The molecule has 0 amide bonds. The molecule has 2 atom stereocenters. The normalized spacial score (nSPS) is 21.3. The summed E-state index contributed by atoms with van der Waals surface area (Å²) in [6, 6.07) is 7.91. The predicted octanol–water partition coefficient (Wildman–Crippen LogP) is 3.48. The summed E-state index contributed by atoms with van der Waals surface area (Å²) in [6.45, 7) is 8.16. The number of aryl methyl sites for hydroxylation is 1. The highest BCUT2D eigenvalue weighted by atomic mass is 32.2. The Bertz CT molecular complexity index is 540. The van der Waals surface area contributed by atoms with Gasteiger partial charge in [0.2, 0.25) is 0 Å². The van der Waals surface area contributed by atoms with Crippen molar-refractivity contribution in [2.45, 2.75) is 32.6 Å². The molecule has 96 valence electrons. The van der Waals surface area contributed by atoms with Crippen molar-refractivity contribution in [1.82, 2.24) is 5.32 Å². The molecule has 0 spiro atoms. The van der Waals surface area contributed by atoms with E-state index in [0.29, 0.717) is 0 Å². The van der Waals surface area contributed by atoms with Crippen LogP contribution >= 0.6 is 0 Å². The summed E-state index contributed by atoms with van der Waals surface area (Å²) < 4.78 is 12.6. The first-order chi connectivity index (χ1) is 8.49. The van der Waals surface area contributed by atoms with Gasteiger partial charge in [0, 0.05) is 27.1 Å². The van der Waals surface area contributed by atoms with Gasteiger partial charge in [-0.05, 0) is 32.9 Å². The number of allylic oxidation sites excluding steroid dienone is 4. The standard InChI is InChI=1S/C15H19NOS/c1-10-5-7-14(8-6-10)18(17)15-11(2)9-12(3)16-13(15)4/h5-9,11,16H,1-4H3/t11-,18?/m1/s1. The van der Waals surface area contributed by atoms with E-state index in [0.717, 1.165) is 21.2 Å². The summed E-state index contributed by atoms with van der Waals surface area (Å²) in [6.07, 6.45) is 2.12. The van der Waals surface area contributed by atoms with Crippen LogP contribution in [0.15, 0.2) is 51.5 Å². The van der Waals surface area contributed by atoms with Crippen LogP contribution in [0.3, 0.4) is 0 Å². The summed E-state index contributed by atoms with van der Waals surface area (Å²) in [5, 5.41) is 3.27. The minimum atomic E-state index is -1.08. The first-order valence-corrected chi connectivity index (χ1v) is 7.28. The number of rotatable bonds is 2. The van der Waals surface area contributed by atoms with Gasteiger partial charge < -0.3 is 5.32 Å². The van der Waals surface area contributed by atoms with Crippen molar-refractivity contribution in [2.75, 3.05) is 0 Å². The van der Waals surface area contributed by atoms with E-state index < -0.39 is 10.8 Å². The summed E-state index contributed by atoms with van der Waals surface area (Å²) in [4.78, 5) is 1.85. The molecule has 1 aliphatic heterocycles. The van der Waals surface area contributed by atoms with Crippen LogP contribution in [0.1, 0.15) is 26.3 Å². The van der Waals surface area contributed by atoms with Crippen LogP contribution in [0, 0.1) is 12.8 Å². The van der Waals surface area contributed by atoms with Crippen LogP contribution < -0.4 is 5.32 Å². The third-order valence-electron chi connectivity index (χ3n) is 3.10. The Morgan fingerprint density at radius 1 is 1.11 bits per heavy atom. The van der Waals surface area contributed by atoms with Crippen molar-refractivity contribution in [3.05, 3.63) is 52.2 Å². The van der Waals surface area contributed by atoms with Gasteiger partial charge in [0.1, 0.15) is 0 Å². The summed E-state index contributed by atoms with van der Waals surface area (Å²) in [5.41, 5.74) is 3.33. The first-order valence-electron chi connectivity index (χ1n) is 6.13. The van der Waals surface area contributed by atoms with Gasteiger partial charge in [-0.3, -0.25) is 0 Å². The quantitative estimate of drug-likeness (QED) is 0.883. The van der Waals surface area contributed by atoms with E-state index >= 15 is 0 Å². The molecule has 0 saturated carbocycles. The average Bonchev–Trinajstić information content (AvgIpc) is 2.28. The number of hydrogen-bond donors (Lipinski definition) is 1. The molecule has 1 heterocycles. The molecule has 1 aliphatic rings.